The van der Waals surface area contributed by atoms with Crippen molar-refractivity contribution in [2.24, 2.45) is 5.73 Å². The first-order valence-corrected chi connectivity index (χ1v) is 6.77. The lowest BCUT2D eigenvalue weighted by molar-refractivity contribution is 0.0806. The summed E-state index contributed by atoms with van der Waals surface area (Å²) in [7, 11) is 1.68. The molecule has 110 valence electrons. The monoisotopic (exact) mass is 277 g/mol. The zero-order chi connectivity index (χ0) is 14.6. The van der Waals surface area contributed by atoms with Gasteiger partial charge in [-0.05, 0) is 31.0 Å². The topological polar surface area (TPSA) is 53.7 Å². The minimum atomic E-state index is 0.343. The van der Waals surface area contributed by atoms with Crippen LogP contribution in [-0.2, 0) is 9.47 Å². The maximum Gasteiger partial charge on any atom is 0.135 e. The summed E-state index contributed by atoms with van der Waals surface area (Å²) in [5.74, 6) is 6.65. The molecule has 0 aliphatic heterocycles. The third kappa shape index (κ3) is 6.58. The highest BCUT2D eigenvalue weighted by Gasteiger charge is 2.01. The van der Waals surface area contributed by atoms with Crippen molar-refractivity contribution < 1.29 is 14.2 Å². The van der Waals surface area contributed by atoms with Crippen molar-refractivity contribution in [1.29, 1.82) is 0 Å². The van der Waals surface area contributed by atoms with Crippen LogP contribution in [-0.4, -0.2) is 40.1 Å². The molecule has 0 spiro atoms. The summed E-state index contributed by atoms with van der Waals surface area (Å²) in [5.41, 5.74) is 7.42. The van der Waals surface area contributed by atoms with Crippen LogP contribution in [0.4, 0.5) is 0 Å². The fourth-order valence-electron chi connectivity index (χ4n) is 1.63. The number of methoxy groups -OCH3 is 1. The molecule has 2 N–H and O–H groups in total. The molecule has 0 unspecified atom stereocenters. The number of ether oxygens (including phenoxy) is 3. The van der Waals surface area contributed by atoms with Crippen LogP contribution in [0.15, 0.2) is 18.2 Å². The molecule has 0 aromatic heterocycles. The molecule has 20 heavy (non-hydrogen) atoms. The molecule has 1 rings (SSSR count). The predicted octanol–water partition coefficient (Wildman–Crippen LogP) is 1.74. The van der Waals surface area contributed by atoms with Gasteiger partial charge in [0.25, 0.3) is 0 Å². The molecule has 1 aromatic carbocycles. The van der Waals surface area contributed by atoms with Gasteiger partial charge in [0.15, 0.2) is 0 Å². The third-order valence-corrected chi connectivity index (χ3v) is 2.58. The summed E-state index contributed by atoms with van der Waals surface area (Å²) in [6.45, 7) is 4.84. The molecule has 0 amide bonds. The van der Waals surface area contributed by atoms with E-state index in [4.69, 9.17) is 19.9 Å². The van der Waals surface area contributed by atoms with E-state index in [9.17, 15) is 0 Å². The van der Waals surface area contributed by atoms with E-state index < -0.39 is 0 Å². The lowest BCUT2D eigenvalue weighted by Gasteiger charge is -2.09. The van der Waals surface area contributed by atoms with Gasteiger partial charge >= 0.3 is 0 Å². The predicted molar refractivity (Wildman–Crippen MR) is 79.9 cm³/mol. The van der Waals surface area contributed by atoms with Gasteiger partial charge in [0, 0.05) is 20.3 Å². The zero-order valence-electron chi connectivity index (χ0n) is 12.3. The molecule has 4 nitrogen and oxygen atoms in total. The zero-order valence-corrected chi connectivity index (χ0v) is 12.3. The number of hydrogen-bond acceptors (Lipinski definition) is 4. The number of aryl methyl sites for hydroxylation is 1. The smallest absolute Gasteiger partial charge is 0.135 e. The van der Waals surface area contributed by atoms with Crippen molar-refractivity contribution in [2.45, 2.75) is 13.3 Å². The van der Waals surface area contributed by atoms with Crippen LogP contribution in [0.3, 0.4) is 0 Å². The highest BCUT2D eigenvalue weighted by Crippen LogP contribution is 2.18. The van der Waals surface area contributed by atoms with Gasteiger partial charge < -0.3 is 19.9 Å². The second-order valence-electron chi connectivity index (χ2n) is 4.31. The number of benzene rings is 1. The van der Waals surface area contributed by atoms with Gasteiger partial charge in [0.1, 0.15) is 12.4 Å². The van der Waals surface area contributed by atoms with Crippen LogP contribution >= 0.6 is 0 Å². The van der Waals surface area contributed by atoms with E-state index >= 15 is 0 Å². The summed E-state index contributed by atoms with van der Waals surface area (Å²) in [4.78, 5) is 0. The van der Waals surface area contributed by atoms with Crippen molar-refractivity contribution in [2.75, 3.05) is 40.1 Å². The minimum Gasteiger partial charge on any atom is -0.490 e. The SMILES string of the molecule is COCCCOCCOc1ccc(C)cc1C#CCN. The summed E-state index contributed by atoms with van der Waals surface area (Å²) in [5, 5.41) is 0. The average molecular weight is 277 g/mol. The van der Waals surface area contributed by atoms with E-state index in [1.165, 1.54) is 0 Å². The largest absolute Gasteiger partial charge is 0.490 e. The Balaban J connectivity index is 2.39. The van der Waals surface area contributed by atoms with Crippen molar-refractivity contribution >= 4 is 0 Å². The maximum atomic E-state index is 5.70. The van der Waals surface area contributed by atoms with E-state index in [1.807, 2.05) is 25.1 Å². The molecule has 1 aromatic rings. The molecule has 0 heterocycles. The van der Waals surface area contributed by atoms with Gasteiger partial charge in [-0.3, -0.25) is 0 Å². The van der Waals surface area contributed by atoms with Crippen LogP contribution in [0.1, 0.15) is 17.5 Å². The Morgan fingerprint density at radius 1 is 1.15 bits per heavy atom. The lowest BCUT2D eigenvalue weighted by Crippen LogP contribution is -2.09. The first-order chi connectivity index (χ1) is 9.77. The minimum absolute atomic E-state index is 0.343. The quantitative estimate of drug-likeness (QED) is 0.581. The molecule has 0 aliphatic rings. The molecule has 0 radical (unpaired) electrons. The highest BCUT2D eigenvalue weighted by molar-refractivity contribution is 5.48. The van der Waals surface area contributed by atoms with E-state index in [0.717, 1.165) is 29.9 Å². The summed E-state index contributed by atoms with van der Waals surface area (Å²) in [6.07, 6.45) is 0.897. The Labute approximate surface area is 121 Å². The van der Waals surface area contributed by atoms with Crippen LogP contribution in [0.2, 0.25) is 0 Å². The second kappa shape index (κ2) is 10.3. The Bertz CT molecular complexity index is 449. The molecule has 0 aliphatic carbocycles. The van der Waals surface area contributed by atoms with Crippen molar-refractivity contribution in [3.63, 3.8) is 0 Å². The van der Waals surface area contributed by atoms with Gasteiger partial charge in [-0.25, -0.2) is 0 Å². The first kappa shape index (κ1) is 16.5. The Morgan fingerprint density at radius 2 is 2.00 bits per heavy atom. The number of hydrogen-bond donors (Lipinski definition) is 1. The average Bonchev–Trinajstić information content (AvgIpc) is 2.45. The normalized spacial score (nSPS) is 9.95. The van der Waals surface area contributed by atoms with E-state index in [0.29, 0.717) is 26.4 Å². The Hall–Kier alpha value is -1.54. The Morgan fingerprint density at radius 3 is 2.75 bits per heavy atom. The van der Waals surface area contributed by atoms with E-state index in [2.05, 4.69) is 11.8 Å². The number of nitrogens with two attached hydrogens (primary N) is 1. The van der Waals surface area contributed by atoms with E-state index in [-0.39, 0.29) is 0 Å². The summed E-state index contributed by atoms with van der Waals surface area (Å²) < 4.78 is 16.1. The lowest BCUT2D eigenvalue weighted by atomic mass is 10.1. The van der Waals surface area contributed by atoms with Crippen molar-refractivity contribution in [3.8, 4) is 17.6 Å². The fraction of sp³-hybridized carbons (Fsp3) is 0.500. The van der Waals surface area contributed by atoms with Crippen LogP contribution in [0, 0.1) is 18.8 Å². The molecule has 0 atom stereocenters. The third-order valence-electron chi connectivity index (χ3n) is 2.58. The first-order valence-electron chi connectivity index (χ1n) is 6.77. The summed E-state index contributed by atoms with van der Waals surface area (Å²) >= 11 is 0. The van der Waals surface area contributed by atoms with Crippen molar-refractivity contribution in [1.82, 2.24) is 0 Å². The van der Waals surface area contributed by atoms with Crippen molar-refractivity contribution in [3.05, 3.63) is 29.3 Å². The molecule has 4 heteroatoms. The number of rotatable bonds is 8. The van der Waals surface area contributed by atoms with Gasteiger partial charge in [-0.15, -0.1) is 0 Å². The van der Waals surface area contributed by atoms with Gasteiger partial charge in [-0.2, -0.15) is 0 Å². The van der Waals surface area contributed by atoms with Gasteiger partial charge in [0.2, 0.25) is 0 Å². The molecule has 0 fully saturated rings. The van der Waals surface area contributed by atoms with Crippen LogP contribution in [0.25, 0.3) is 0 Å². The van der Waals surface area contributed by atoms with Crippen LogP contribution < -0.4 is 10.5 Å². The fourth-order valence-corrected chi connectivity index (χ4v) is 1.63. The van der Waals surface area contributed by atoms with Gasteiger partial charge in [-0.1, -0.05) is 17.9 Å². The molecular weight excluding hydrogens is 254 g/mol. The maximum absolute atomic E-state index is 5.70. The molecule has 0 bridgehead atoms. The highest BCUT2D eigenvalue weighted by atomic mass is 16.5. The Kier molecular flexibility index (Phi) is 8.48. The second-order valence-corrected chi connectivity index (χ2v) is 4.31. The van der Waals surface area contributed by atoms with Gasteiger partial charge in [0.05, 0.1) is 18.7 Å². The van der Waals surface area contributed by atoms with E-state index in [1.54, 1.807) is 7.11 Å². The molecule has 0 saturated heterocycles. The standard InChI is InChI=1S/C16H23NO3/c1-14-6-7-16(15(13-14)5-3-8-17)20-12-11-19-10-4-9-18-2/h6-7,13H,4,8-12,17H2,1-2H3. The summed E-state index contributed by atoms with van der Waals surface area (Å²) in [6, 6.07) is 5.93. The molecular formula is C16H23NO3. The van der Waals surface area contributed by atoms with Crippen LogP contribution in [0.5, 0.6) is 5.75 Å². The molecule has 0 saturated carbocycles.